The number of benzene rings is 2. The monoisotopic (exact) mass is 469 g/mol. The molecule has 4 rings (SSSR count). The van der Waals surface area contributed by atoms with E-state index in [1.165, 1.54) is 18.4 Å². The number of fused-ring (bicyclic) bond motifs is 1. The first kappa shape index (κ1) is 22.2. The van der Waals surface area contributed by atoms with Crippen molar-refractivity contribution in [2.24, 2.45) is 0 Å². The Morgan fingerprint density at radius 3 is 2.69 bits per heavy atom. The van der Waals surface area contributed by atoms with Crippen molar-refractivity contribution < 1.29 is 17.6 Å². The number of nitrogens with one attached hydrogen (secondary N) is 1. The van der Waals surface area contributed by atoms with Crippen molar-refractivity contribution in [3.8, 4) is 0 Å². The van der Waals surface area contributed by atoms with Crippen LogP contribution in [0, 0.1) is 6.92 Å². The van der Waals surface area contributed by atoms with Crippen LogP contribution >= 0.6 is 11.3 Å². The number of sulfonamides is 1. The Morgan fingerprint density at radius 1 is 1.19 bits per heavy atom. The van der Waals surface area contributed by atoms with Crippen molar-refractivity contribution in [1.82, 2.24) is 14.6 Å². The Balaban J connectivity index is 1.57. The fourth-order valence-electron chi connectivity index (χ4n) is 3.26. The highest BCUT2D eigenvalue weighted by Gasteiger charge is 2.25. The van der Waals surface area contributed by atoms with Crippen LogP contribution < -0.4 is 4.72 Å². The number of carbonyl (C=O) groups excluding carboxylic acids is 1. The van der Waals surface area contributed by atoms with Crippen LogP contribution in [0.4, 0.5) is 0 Å². The van der Waals surface area contributed by atoms with Gasteiger partial charge in [0.1, 0.15) is 10.8 Å². The summed E-state index contributed by atoms with van der Waals surface area (Å²) in [7, 11) is -2.11. The number of hydrogen-bond donors (Lipinski definition) is 1. The number of furan rings is 1. The van der Waals surface area contributed by atoms with Crippen LogP contribution in [0.2, 0.25) is 0 Å². The van der Waals surface area contributed by atoms with Gasteiger partial charge in [-0.15, -0.1) is 11.3 Å². The van der Waals surface area contributed by atoms with E-state index < -0.39 is 10.0 Å². The molecule has 166 valence electrons. The minimum atomic E-state index is -3.82. The van der Waals surface area contributed by atoms with Gasteiger partial charge in [0.15, 0.2) is 0 Å². The summed E-state index contributed by atoms with van der Waals surface area (Å²) in [5.41, 5.74) is 1.93. The Hall–Kier alpha value is -3.01. The van der Waals surface area contributed by atoms with Gasteiger partial charge in [-0.1, -0.05) is 18.2 Å². The van der Waals surface area contributed by atoms with Gasteiger partial charge in [-0.05, 0) is 55.8 Å². The number of aromatic nitrogens is 1. The van der Waals surface area contributed by atoms with Crippen molar-refractivity contribution in [1.29, 1.82) is 0 Å². The van der Waals surface area contributed by atoms with Crippen molar-refractivity contribution in [2.75, 3.05) is 7.05 Å². The van der Waals surface area contributed by atoms with Gasteiger partial charge in [0, 0.05) is 12.6 Å². The predicted molar refractivity (Wildman–Crippen MR) is 124 cm³/mol. The second-order valence-corrected chi connectivity index (χ2v) is 10.3. The van der Waals surface area contributed by atoms with Crippen LogP contribution in [0.15, 0.2) is 70.2 Å². The molecule has 2 aromatic heterocycles. The van der Waals surface area contributed by atoms with Gasteiger partial charge >= 0.3 is 0 Å². The second kappa shape index (κ2) is 8.85. The fourth-order valence-corrected chi connectivity index (χ4v) is 5.34. The summed E-state index contributed by atoms with van der Waals surface area (Å²) in [6, 6.07) is 15.5. The molecule has 0 saturated carbocycles. The van der Waals surface area contributed by atoms with Crippen molar-refractivity contribution in [2.45, 2.75) is 31.3 Å². The van der Waals surface area contributed by atoms with Crippen LogP contribution in [0.25, 0.3) is 10.2 Å². The summed E-state index contributed by atoms with van der Waals surface area (Å²) in [5, 5.41) is 0.823. The minimum absolute atomic E-state index is 0.0269. The molecular formula is C23H23N3O4S2. The van der Waals surface area contributed by atoms with Crippen molar-refractivity contribution in [3.05, 3.63) is 82.8 Å². The van der Waals surface area contributed by atoms with E-state index in [1.54, 1.807) is 48.4 Å². The third-order valence-electron chi connectivity index (χ3n) is 5.34. The summed E-state index contributed by atoms with van der Waals surface area (Å²) in [4.78, 5) is 19.6. The Bertz CT molecular complexity index is 1330. The van der Waals surface area contributed by atoms with Gasteiger partial charge in [-0.3, -0.25) is 4.79 Å². The average molecular weight is 470 g/mol. The first-order chi connectivity index (χ1) is 15.3. The molecule has 9 heteroatoms. The smallest absolute Gasteiger partial charge is 0.254 e. The van der Waals surface area contributed by atoms with Crippen LogP contribution in [0.3, 0.4) is 0 Å². The number of hydrogen-bond acceptors (Lipinski definition) is 6. The van der Waals surface area contributed by atoms with E-state index in [1.807, 2.05) is 31.2 Å². The van der Waals surface area contributed by atoms with E-state index in [0.29, 0.717) is 16.9 Å². The van der Waals surface area contributed by atoms with Gasteiger partial charge in [-0.25, -0.2) is 18.1 Å². The number of nitrogens with zero attached hydrogens (tertiary/aromatic N) is 2. The second-order valence-electron chi connectivity index (χ2n) is 7.49. The number of amides is 1. The maximum Gasteiger partial charge on any atom is 0.254 e. The maximum atomic E-state index is 13.3. The number of thiazole rings is 1. The number of carbonyl (C=O) groups is 1. The molecule has 7 nitrogen and oxygen atoms in total. The Kier molecular flexibility index (Phi) is 6.14. The zero-order valence-corrected chi connectivity index (χ0v) is 19.5. The Labute approximate surface area is 190 Å². The van der Waals surface area contributed by atoms with Crippen LogP contribution in [0.1, 0.15) is 39.7 Å². The highest BCUT2D eigenvalue weighted by Crippen LogP contribution is 2.30. The SMILES string of the molecule is Cc1ccc(S(=O)(=O)NCc2ccco2)cc1C(=O)N(C)C(C)c1nc2ccccc2s1. The predicted octanol–water partition coefficient (Wildman–Crippen LogP) is 4.51. The zero-order valence-electron chi connectivity index (χ0n) is 17.9. The molecule has 1 amide bonds. The molecule has 2 aromatic carbocycles. The van der Waals surface area contributed by atoms with E-state index in [4.69, 9.17) is 4.42 Å². The van der Waals surface area contributed by atoms with Gasteiger partial charge in [0.05, 0.1) is 34.0 Å². The lowest BCUT2D eigenvalue weighted by Gasteiger charge is -2.24. The normalized spacial score (nSPS) is 12.7. The molecule has 0 bridgehead atoms. The molecule has 0 spiro atoms. The summed E-state index contributed by atoms with van der Waals surface area (Å²) >= 11 is 1.54. The molecule has 2 heterocycles. The topological polar surface area (TPSA) is 92.5 Å². The van der Waals surface area contributed by atoms with E-state index in [2.05, 4.69) is 9.71 Å². The molecule has 1 atom stereocenters. The summed E-state index contributed by atoms with van der Waals surface area (Å²) in [6.45, 7) is 3.73. The minimum Gasteiger partial charge on any atom is -0.468 e. The van der Waals surface area contributed by atoms with E-state index in [-0.39, 0.29) is 23.4 Å². The summed E-state index contributed by atoms with van der Waals surface area (Å²) in [5.74, 6) is 0.235. The molecule has 32 heavy (non-hydrogen) atoms. The van der Waals surface area contributed by atoms with Crippen molar-refractivity contribution >= 4 is 37.5 Å². The van der Waals surface area contributed by atoms with Gasteiger partial charge in [0.2, 0.25) is 10.0 Å². The highest BCUT2D eigenvalue weighted by atomic mass is 32.2. The van der Waals surface area contributed by atoms with E-state index in [9.17, 15) is 13.2 Å². The van der Waals surface area contributed by atoms with Crippen LogP contribution in [-0.4, -0.2) is 31.3 Å². The van der Waals surface area contributed by atoms with Gasteiger partial charge in [-0.2, -0.15) is 0 Å². The van der Waals surface area contributed by atoms with Crippen molar-refractivity contribution in [3.63, 3.8) is 0 Å². The fraction of sp³-hybridized carbons (Fsp3) is 0.217. The highest BCUT2D eigenvalue weighted by molar-refractivity contribution is 7.89. The summed E-state index contributed by atoms with van der Waals surface area (Å²) < 4.78 is 34.2. The first-order valence-corrected chi connectivity index (χ1v) is 12.3. The molecular weight excluding hydrogens is 446 g/mol. The number of rotatable bonds is 7. The molecule has 0 aliphatic rings. The van der Waals surface area contributed by atoms with E-state index >= 15 is 0 Å². The quantitative estimate of drug-likeness (QED) is 0.430. The molecule has 0 saturated heterocycles. The maximum absolute atomic E-state index is 13.3. The molecule has 1 unspecified atom stereocenters. The largest absolute Gasteiger partial charge is 0.468 e. The van der Waals surface area contributed by atoms with Crippen LogP contribution in [-0.2, 0) is 16.6 Å². The number of aryl methyl sites for hydroxylation is 1. The Morgan fingerprint density at radius 2 is 1.97 bits per heavy atom. The van der Waals surface area contributed by atoms with Gasteiger partial charge < -0.3 is 9.32 Å². The van der Waals surface area contributed by atoms with Gasteiger partial charge in [0.25, 0.3) is 5.91 Å². The lowest BCUT2D eigenvalue weighted by molar-refractivity contribution is 0.0741. The molecule has 0 aliphatic heterocycles. The molecule has 0 aliphatic carbocycles. The first-order valence-electron chi connectivity index (χ1n) is 10.0. The van der Waals surface area contributed by atoms with E-state index in [0.717, 1.165) is 15.2 Å². The standard InChI is InChI=1S/C23H23N3O4S2/c1-15-10-11-18(32(28,29)24-14-17-7-6-12-30-17)13-19(15)23(27)26(3)16(2)22-25-20-8-4-5-9-21(20)31-22/h4-13,16,24H,14H2,1-3H3. The lowest BCUT2D eigenvalue weighted by Crippen LogP contribution is -2.30. The van der Waals surface area contributed by atoms with Crippen LogP contribution in [0.5, 0.6) is 0 Å². The molecule has 1 N–H and O–H groups in total. The zero-order chi connectivity index (χ0) is 22.9. The summed E-state index contributed by atoms with van der Waals surface area (Å²) in [6.07, 6.45) is 1.48. The third-order valence-corrected chi connectivity index (χ3v) is 7.94. The average Bonchev–Trinajstić information content (AvgIpc) is 3.46. The molecule has 0 radical (unpaired) electrons. The molecule has 0 fully saturated rings. The molecule has 4 aromatic rings. The third kappa shape index (κ3) is 4.45. The lowest BCUT2D eigenvalue weighted by atomic mass is 10.1. The number of para-hydroxylation sites is 1.